The Morgan fingerprint density at radius 3 is 2.57 bits per heavy atom. The second kappa shape index (κ2) is 7.21. The summed E-state index contributed by atoms with van der Waals surface area (Å²) in [6, 6.07) is 11.4. The first kappa shape index (κ1) is 16.2. The van der Waals surface area contributed by atoms with Gasteiger partial charge in [0.25, 0.3) is 5.91 Å². The Morgan fingerprint density at radius 2 is 1.96 bits per heavy atom. The number of nitrogens with one attached hydrogen (secondary N) is 1. The van der Waals surface area contributed by atoms with Gasteiger partial charge in [-0.15, -0.1) is 0 Å². The van der Waals surface area contributed by atoms with Crippen LogP contribution in [0.3, 0.4) is 0 Å². The highest BCUT2D eigenvalue weighted by molar-refractivity contribution is 5.90. The third-order valence-electron chi connectivity index (χ3n) is 2.94. The molecule has 0 unspecified atom stereocenters. The van der Waals surface area contributed by atoms with Gasteiger partial charge in [0.05, 0.1) is 6.07 Å². The van der Waals surface area contributed by atoms with Crippen molar-refractivity contribution in [1.82, 2.24) is 5.32 Å². The van der Waals surface area contributed by atoms with Crippen molar-refractivity contribution in [2.45, 2.75) is 19.6 Å². The van der Waals surface area contributed by atoms with Crippen LogP contribution >= 0.6 is 0 Å². The molecule has 0 aliphatic heterocycles. The van der Waals surface area contributed by atoms with Gasteiger partial charge in [0.2, 0.25) is 5.76 Å². The van der Waals surface area contributed by atoms with Crippen LogP contribution in [0.4, 0.5) is 5.88 Å². The lowest BCUT2D eigenvalue weighted by molar-refractivity contribution is -0.402. The highest BCUT2D eigenvalue weighted by Gasteiger charge is 2.23. The van der Waals surface area contributed by atoms with E-state index in [0.717, 1.165) is 17.7 Å². The number of nitrogens with zero attached hydrogens (tertiary/aromatic N) is 1. The SMILES string of the molecule is C[C@H](OC(=O)c1ccc([N+](=O)[O-])o1)C(=O)NCc1ccccc1. The minimum atomic E-state index is -1.06. The number of carbonyl (C=O) groups excluding carboxylic acids is 2. The molecular formula is C15H14N2O6. The maximum atomic E-state index is 11.9. The normalized spacial score (nSPS) is 11.5. The Labute approximate surface area is 131 Å². The van der Waals surface area contributed by atoms with E-state index in [2.05, 4.69) is 5.32 Å². The Morgan fingerprint density at radius 1 is 1.26 bits per heavy atom. The smallest absolute Gasteiger partial charge is 0.433 e. The molecule has 1 heterocycles. The second-order valence-electron chi connectivity index (χ2n) is 4.65. The molecule has 1 aromatic heterocycles. The zero-order valence-electron chi connectivity index (χ0n) is 12.2. The Balaban J connectivity index is 1.87. The van der Waals surface area contributed by atoms with Crippen molar-refractivity contribution in [1.29, 1.82) is 0 Å². The third-order valence-corrected chi connectivity index (χ3v) is 2.94. The number of hydrogen-bond acceptors (Lipinski definition) is 6. The molecule has 120 valence electrons. The minimum absolute atomic E-state index is 0.299. The molecule has 1 aromatic carbocycles. The third kappa shape index (κ3) is 4.40. The average Bonchev–Trinajstić information content (AvgIpc) is 3.04. The standard InChI is InChI=1S/C15H14N2O6/c1-10(14(18)16-9-11-5-3-2-4-6-11)22-15(19)12-7-8-13(23-12)17(20)21/h2-8,10H,9H2,1H3,(H,16,18)/t10-/m0/s1. The van der Waals surface area contributed by atoms with Gasteiger partial charge in [0.1, 0.15) is 4.92 Å². The summed E-state index contributed by atoms with van der Waals surface area (Å²) in [6.07, 6.45) is -1.06. The van der Waals surface area contributed by atoms with Crippen LogP contribution in [0, 0.1) is 10.1 Å². The second-order valence-corrected chi connectivity index (χ2v) is 4.65. The predicted octanol–water partition coefficient (Wildman–Crippen LogP) is 2.05. The largest absolute Gasteiger partial charge is 0.447 e. The summed E-state index contributed by atoms with van der Waals surface area (Å²) >= 11 is 0. The molecule has 2 aromatic rings. The van der Waals surface area contributed by atoms with Crippen LogP contribution in [0.15, 0.2) is 46.9 Å². The van der Waals surface area contributed by atoms with Crippen LogP contribution in [0.1, 0.15) is 23.0 Å². The number of hydrogen-bond donors (Lipinski definition) is 1. The number of nitro groups is 1. The van der Waals surface area contributed by atoms with Crippen LogP contribution in [0.25, 0.3) is 0 Å². The van der Waals surface area contributed by atoms with E-state index in [4.69, 9.17) is 9.15 Å². The molecule has 1 atom stereocenters. The number of benzene rings is 1. The Hall–Kier alpha value is -3.16. The summed E-state index contributed by atoms with van der Waals surface area (Å²) < 4.78 is 9.62. The van der Waals surface area contributed by atoms with Gasteiger partial charge < -0.3 is 14.5 Å². The van der Waals surface area contributed by atoms with Crippen molar-refractivity contribution in [2.75, 3.05) is 0 Å². The van der Waals surface area contributed by atoms with Crippen molar-refractivity contribution in [3.63, 3.8) is 0 Å². The zero-order chi connectivity index (χ0) is 16.8. The zero-order valence-corrected chi connectivity index (χ0v) is 12.2. The van der Waals surface area contributed by atoms with Gasteiger partial charge >= 0.3 is 11.9 Å². The molecule has 0 bridgehead atoms. The van der Waals surface area contributed by atoms with Gasteiger partial charge in [-0.3, -0.25) is 14.9 Å². The van der Waals surface area contributed by atoms with Crippen LogP contribution in [-0.4, -0.2) is 22.9 Å². The molecule has 1 N–H and O–H groups in total. The number of rotatable bonds is 6. The molecule has 0 spiro atoms. The molecule has 0 saturated carbocycles. The lowest BCUT2D eigenvalue weighted by Crippen LogP contribution is -2.35. The Kier molecular flexibility index (Phi) is 5.08. The first-order valence-corrected chi connectivity index (χ1v) is 6.74. The van der Waals surface area contributed by atoms with Gasteiger partial charge in [0.15, 0.2) is 6.10 Å². The van der Waals surface area contributed by atoms with E-state index in [1.165, 1.54) is 6.92 Å². The fraction of sp³-hybridized carbons (Fsp3) is 0.200. The van der Waals surface area contributed by atoms with E-state index in [1.807, 2.05) is 30.3 Å². The van der Waals surface area contributed by atoms with Gasteiger partial charge in [0, 0.05) is 6.54 Å². The van der Waals surface area contributed by atoms with E-state index >= 15 is 0 Å². The van der Waals surface area contributed by atoms with E-state index in [1.54, 1.807) is 0 Å². The van der Waals surface area contributed by atoms with Gasteiger partial charge in [-0.05, 0) is 18.6 Å². The van der Waals surface area contributed by atoms with Gasteiger partial charge in [-0.2, -0.15) is 0 Å². The molecule has 0 fully saturated rings. The number of furan rings is 1. The van der Waals surface area contributed by atoms with Crippen molar-refractivity contribution in [3.8, 4) is 0 Å². The summed E-state index contributed by atoms with van der Waals surface area (Å²) in [4.78, 5) is 33.3. The van der Waals surface area contributed by atoms with Crippen molar-refractivity contribution in [3.05, 3.63) is 63.9 Å². The lowest BCUT2D eigenvalue weighted by atomic mass is 10.2. The number of ether oxygens (including phenoxy) is 1. The van der Waals surface area contributed by atoms with Crippen LogP contribution < -0.4 is 5.32 Å². The molecule has 1 amide bonds. The highest BCUT2D eigenvalue weighted by atomic mass is 16.7. The molecule has 0 saturated heterocycles. The lowest BCUT2D eigenvalue weighted by Gasteiger charge is -2.12. The first-order chi connectivity index (χ1) is 11.0. The molecule has 0 radical (unpaired) electrons. The predicted molar refractivity (Wildman–Crippen MR) is 78.5 cm³/mol. The van der Waals surface area contributed by atoms with Gasteiger partial charge in [-0.25, -0.2) is 4.79 Å². The number of carbonyl (C=O) groups is 2. The summed E-state index contributed by atoms with van der Waals surface area (Å²) in [5.74, 6) is -2.33. The highest BCUT2D eigenvalue weighted by Crippen LogP contribution is 2.16. The van der Waals surface area contributed by atoms with Gasteiger partial charge in [-0.1, -0.05) is 30.3 Å². The fourth-order valence-corrected chi connectivity index (χ4v) is 1.74. The molecule has 2 rings (SSSR count). The van der Waals surface area contributed by atoms with Crippen molar-refractivity contribution >= 4 is 17.8 Å². The topological polar surface area (TPSA) is 112 Å². The Bertz CT molecular complexity index is 710. The van der Waals surface area contributed by atoms with E-state index in [9.17, 15) is 19.7 Å². The number of amides is 1. The summed E-state index contributed by atoms with van der Waals surface area (Å²) in [6.45, 7) is 1.70. The van der Waals surface area contributed by atoms with Crippen molar-refractivity contribution < 1.29 is 23.7 Å². The molecular weight excluding hydrogens is 304 g/mol. The molecule has 8 nitrogen and oxygen atoms in total. The summed E-state index contributed by atoms with van der Waals surface area (Å²) in [5, 5.41) is 13.1. The number of esters is 1. The monoisotopic (exact) mass is 318 g/mol. The quantitative estimate of drug-likeness (QED) is 0.495. The minimum Gasteiger partial charge on any atom is -0.447 e. The van der Waals surface area contributed by atoms with Crippen LogP contribution in [0.5, 0.6) is 0 Å². The van der Waals surface area contributed by atoms with E-state index in [0.29, 0.717) is 6.54 Å². The molecule has 0 aliphatic rings. The molecule has 0 aliphatic carbocycles. The van der Waals surface area contributed by atoms with Crippen molar-refractivity contribution in [2.24, 2.45) is 0 Å². The van der Waals surface area contributed by atoms with Crippen LogP contribution in [-0.2, 0) is 16.1 Å². The maximum Gasteiger partial charge on any atom is 0.433 e. The summed E-state index contributed by atoms with van der Waals surface area (Å²) in [5.41, 5.74) is 0.904. The fourth-order valence-electron chi connectivity index (χ4n) is 1.74. The van der Waals surface area contributed by atoms with E-state index < -0.39 is 28.8 Å². The van der Waals surface area contributed by atoms with E-state index in [-0.39, 0.29) is 5.76 Å². The maximum absolute atomic E-state index is 11.9. The summed E-state index contributed by atoms with van der Waals surface area (Å²) in [7, 11) is 0. The molecule has 8 heteroatoms. The molecule has 23 heavy (non-hydrogen) atoms. The first-order valence-electron chi connectivity index (χ1n) is 6.74. The average molecular weight is 318 g/mol. The van der Waals surface area contributed by atoms with Crippen LogP contribution in [0.2, 0.25) is 0 Å².